The van der Waals surface area contributed by atoms with Gasteiger partial charge < -0.3 is 15.5 Å². The number of hydrogen-bond acceptors (Lipinski definition) is 4. The van der Waals surface area contributed by atoms with Crippen LogP contribution in [-0.4, -0.2) is 65.4 Å². The van der Waals surface area contributed by atoms with Crippen LogP contribution in [0.15, 0.2) is 0 Å². The Kier molecular flexibility index (Phi) is 7.51. The van der Waals surface area contributed by atoms with Gasteiger partial charge in [0.25, 0.3) is 5.91 Å². The van der Waals surface area contributed by atoms with Gasteiger partial charge in [-0.2, -0.15) is 0 Å². The molecular formula is C19H33ClN4O3. The Morgan fingerprint density at radius 3 is 2.56 bits per heavy atom. The normalized spacial score (nSPS) is 28.8. The summed E-state index contributed by atoms with van der Waals surface area (Å²) in [5.74, 6) is -0.198. The number of nitrogens with one attached hydrogen (secondary N) is 2. The van der Waals surface area contributed by atoms with Gasteiger partial charge in [-0.1, -0.05) is 26.7 Å². The molecule has 3 fully saturated rings. The van der Waals surface area contributed by atoms with Gasteiger partial charge in [-0.25, -0.2) is 4.79 Å². The molecule has 0 aromatic heterocycles. The van der Waals surface area contributed by atoms with E-state index in [0.717, 1.165) is 56.5 Å². The molecule has 3 aliphatic rings. The Labute approximate surface area is 168 Å². The molecule has 2 heterocycles. The van der Waals surface area contributed by atoms with Crippen LogP contribution in [0.3, 0.4) is 0 Å². The Hall–Kier alpha value is -1.34. The smallest absolute Gasteiger partial charge is 0.325 e. The van der Waals surface area contributed by atoms with E-state index in [2.05, 4.69) is 10.6 Å². The number of piperidine rings is 1. The molecule has 4 amide bonds. The monoisotopic (exact) mass is 400 g/mol. The highest BCUT2D eigenvalue weighted by Crippen LogP contribution is 2.38. The Morgan fingerprint density at radius 1 is 1.22 bits per heavy atom. The van der Waals surface area contributed by atoms with Gasteiger partial charge in [0.15, 0.2) is 0 Å². The highest BCUT2D eigenvalue weighted by atomic mass is 35.5. The maximum Gasteiger partial charge on any atom is 0.325 e. The second-order valence-electron chi connectivity index (χ2n) is 8.01. The number of rotatable bonds is 5. The largest absolute Gasteiger partial charge is 0.338 e. The summed E-state index contributed by atoms with van der Waals surface area (Å²) >= 11 is 0. The van der Waals surface area contributed by atoms with Gasteiger partial charge in [0, 0.05) is 12.6 Å². The number of amides is 4. The van der Waals surface area contributed by atoms with Crippen LogP contribution in [0.5, 0.6) is 0 Å². The molecule has 27 heavy (non-hydrogen) atoms. The van der Waals surface area contributed by atoms with E-state index in [-0.39, 0.29) is 42.7 Å². The molecule has 2 unspecified atom stereocenters. The third-order valence-electron chi connectivity index (χ3n) is 6.33. The molecule has 0 aromatic rings. The molecule has 1 spiro atoms. The molecule has 154 valence electrons. The standard InChI is InChI=1S/C19H32N4O3.ClH/c1-3-12-22(15-7-10-20-11-8-15)16(24)13-23-17(25)19(21-18(23)26)9-5-4-6-14(19)2;/h14-15,20H,3-13H2,1-2H3,(H,21,26);1H. The zero-order valence-corrected chi connectivity index (χ0v) is 17.3. The van der Waals surface area contributed by atoms with Crippen LogP contribution in [0.2, 0.25) is 0 Å². The van der Waals surface area contributed by atoms with Gasteiger partial charge in [-0.05, 0) is 51.1 Å². The lowest BCUT2D eigenvalue weighted by Crippen LogP contribution is -2.54. The van der Waals surface area contributed by atoms with Gasteiger partial charge in [0.05, 0.1) is 0 Å². The zero-order valence-electron chi connectivity index (χ0n) is 16.5. The van der Waals surface area contributed by atoms with Crippen LogP contribution in [-0.2, 0) is 9.59 Å². The van der Waals surface area contributed by atoms with Gasteiger partial charge in [-0.15, -0.1) is 12.4 Å². The van der Waals surface area contributed by atoms with Gasteiger partial charge in [-0.3, -0.25) is 14.5 Å². The van der Waals surface area contributed by atoms with Crippen molar-refractivity contribution in [2.45, 2.75) is 70.4 Å². The molecule has 1 saturated carbocycles. The number of carbonyl (C=O) groups excluding carboxylic acids is 3. The fourth-order valence-corrected chi connectivity index (χ4v) is 4.74. The second kappa shape index (κ2) is 9.24. The third kappa shape index (κ3) is 4.24. The summed E-state index contributed by atoms with van der Waals surface area (Å²) < 4.78 is 0. The molecule has 3 rings (SSSR count). The lowest BCUT2D eigenvalue weighted by molar-refractivity contribution is -0.142. The number of hydrogen-bond donors (Lipinski definition) is 2. The third-order valence-corrected chi connectivity index (χ3v) is 6.33. The highest BCUT2D eigenvalue weighted by molar-refractivity contribution is 6.09. The molecule has 8 heteroatoms. The van der Waals surface area contributed by atoms with E-state index >= 15 is 0 Å². The summed E-state index contributed by atoms with van der Waals surface area (Å²) in [4.78, 5) is 41.6. The van der Waals surface area contributed by atoms with E-state index in [1.54, 1.807) is 0 Å². The van der Waals surface area contributed by atoms with Crippen molar-refractivity contribution in [3.8, 4) is 0 Å². The van der Waals surface area contributed by atoms with Crippen LogP contribution in [0.1, 0.15) is 58.8 Å². The van der Waals surface area contributed by atoms with Crippen molar-refractivity contribution in [1.82, 2.24) is 20.4 Å². The molecular weight excluding hydrogens is 368 g/mol. The average Bonchev–Trinajstić information content (AvgIpc) is 2.88. The maximum absolute atomic E-state index is 13.1. The molecule has 0 aromatic carbocycles. The lowest BCUT2D eigenvalue weighted by Gasteiger charge is -2.37. The highest BCUT2D eigenvalue weighted by Gasteiger charge is 2.55. The predicted octanol–water partition coefficient (Wildman–Crippen LogP) is 1.90. The topological polar surface area (TPSA) is 81.8 Å². The Bertz CT molecular complexity index is 567. The maximum atomic E-state index is 13.1. The fraction of sp³-hybridized carbons (Fsp3) is 0.842. The molecule has 1 aliphatic carbocycles. The minimum absolute atomic E-state index is 0. The first-order chi connectivity index (χ1) is 12.5. The van der Waals surface area contributed by atoms with Crippen molar-refractivity contribution in [2.75, 3.05) is 26.2 Å². The van der Waals surface area contributed by atoms with Gasteiger partial charge in [0.1, 0.15) is 12.1 Å². The van der Waals surface area contributed by atoms with E-state index in [0.29, 0.717) is 13.0 Å². The quantitative estimate of drug-likeness (QED) is 0.690. The molecule has 2 saturated heterocycles. The molecule has 0 radical (unpaired) electrons. The molecule has 7 nitrogen and oxygen atoms in total. The summed E-state index contributed by atoms with van der Waals surface area (Å²) in [7, 11) is 0. The van der Waals surface area contributed by atoms with Gasteiger partial charge >= 0.3 is 6.03 Å². The first kappa shape index (κ1) is 22.0. The van der Waals surface area contributed by atoms with Crippen molar-refractivity contribution in [2.24, 2.45) is 5.92 Å². The second-order valence-corrected chi connectivity index (χ2v) is 8.01. The van der Waals surface area contributed by atoms with Crippen LogP contribution >= 0.6 is 12.4 Å². The number of halogens is 1. The molecule has 2 aliphatic heterocycles. The minimum atomic E-state index is -0.792. The van der Waals surface area contributed by atoms with Crippen molar-refractivity contribution in [3.63, 3.8) is 0 Å². The number of carbonyl (C=O) groups is 3. The van der Waals surface area contributed by atoms with Crippen LogP contribution < -0.4 is 10.6 Å². The number of imide groups is 1. The number of nitrogens with zero attached hydrogens (tertiary/aromatic N) is 2. The summed E-state index contributed by atoms with van der Waals surface area (Å²) in [6, 6.07) is -0.203. The Balaban J connectivity index is 0.00000261. The van der Waals surface area contributed by atoms with Crippen molar-refractivity contribution < 1.29 is 14.4 Å². The lowest BCUT2D eigenvalue weighted by atomic mass is 9.73. The van der Waals surface area contributed by atoms with Crippen molar-refractivity contribution in [3.05, 3.63) is 0 Å². The molecule has 2 N–H and O–H groups in total. The Morgan fingerprint density at radius 2 is 1.93 bits per heavy atom. The van der Waals surface area contributed by atoms with E-state index < -0.39 is 11.6 Å². The van der Waals surface area contributed by atoms with Crippen LogP contribution in [0.4, 0.5) is 4.79 Å². The van der Waals surface area contributed by atoms with E-state index in [9.17, 15) is 14.4 Å². The molecule has 0 bridgehead atoms. The van der Waals surface area contributed by atoms with Crippen LogP contribution in [0, 0.1) is 5.92 Å². The summed E-state index contributed by atoms with van der Waals surface area (Å²) in [6.07, 6.45) is 6.36. The fourth-order valence-electron chi connectivity index (χ4n) is 4.74. The first-order valence-electron chi connectivity index (χ1n) is 10.1. The van der Waals surface area contributed by atoms with Crippen molar-refractivity contribution >= 4 is 30.3 Å². The summed E-state index contributed by atoms with van der Waals surface area (Å²) in [5, 5.41) is 6.25. The van der Waals surface area contributed by atoms with E-state index in [4.69, 9.17) is 0 Å². The van der Waals surface area contributed by atoms with Crippen molar-refractivity contribution in [1.29, 1.82) is 0 Å². The summed E-state index contributed by atoms with van der Waals surface area (Å²) in [5.41, 5.74) is -0.792. The first-order valence-corrected chi connectivity index (χ1v) is 10.1. The van der Waals surface area contributed by atoms with E-state index in [1.807, 2.05) is 18.7 Å². The van der Waals surface area contributed by atoms with Gasteiger partial charge in [0.2, 0.25) is 5.91 Å². The van der Waals surface area contributed by atoms with Crippen LogP contribution in [0.25, 0.3) is 0 Å². The summed E-state index contributed by atoms with van der Waals surface area (Å²) in [6.45, 7) is 6.43. The predicted molar refractivity (Wildman–Crippen MR) is 106 cm³/mol. The number of urea groups is 1. The SMILES string of the molecule is CCCN(C(=O)CN1C(=O)NC2(CCCCC2C)C1=O)C1CCNCC1.Cl. The zero-order chi connectivity index (χ0) is 18.7. The average molecular weight is 401 g/mol. The minimum Gasteiger partial charge on any atom is -0.338 e. The van der Waals surface area contributed by atoms with E-state index in [1.165, 1.54) is 0 Å². The molecule has 2 atom stereocenters.